The first kappa shape index (κ1) is 14.7. The quantitative estimate of drug-likeness (QED) is 0.789. The Hall–Kier alpha value is -1.21. The number of aldehydes is 1. The fraction of sp³-hybridized carbons (Fsp3) is 0.571. The maximum Gasteiger partial charge on any atom is 0.264 e. The summed E-state index contributed by atoms with van der Waals surface area (Å²) in [5, 5.41) is 0. The predicted molar refractivity (Wildman–Crippen MR) is 80.7 cm³/mol. The van der Waals surface area contributed by atoms with E-state index in [9.17, 15) is 18.0 Å². The minimum atomic E-state index is -3.02. The van der Waals surface area contributed by atoms with Crippen molar-refractivity contribution in [1.82, 2.24) is 4.90 Å². The molecule has 1 aliphatic carbocycles. The monoisotopic (exact) mass is 327 g/mol. The normalized spacial score (nSPS) is 24.0. The third-order valence-electron chi connectivity index (χ3n) is 4.05. The molecule has 0 aromatic carbocycles. The number of amides is 1. The van der Waals surface area contributed by atoms with E-state index in [1.165, 1.54) is 11.3 Å². The van der Waals surface area contributed by atoms with E-state index in [4.69, 9.17) is 0 Å². The summed E-state index contributed by atoms with van der Waals surface area (Å²) in [6.07, 6.45) is 3.16. The molecule has 114 valence electrons. The number of carbonyl (C=O) groups is 2. The molecular weight excluding hydrogens is 310 g/mol. The van der Waals surface area contributed by atoms with Crippen LogP contribution in [0.5, 0.6) is 0 Å². The summed E-state index contributed by atoms with van der Waals surface area (Å²) >= 11 is 1.19. The highest BCUT2D eigenvalue weighted by atomic mass is 32.2. The lowest BCUT2D eigenvalue weighted by molar-refractivity contribution is 0.0685. The van der Waals surface area contributed by atoms with E-state index in [0.717, 1.165) is 24.7 Å². The first-order chi connectivity index (χ1) is 9.91. The molecule has 0 N–H and O–H groups in total. The van der Waals surface area contributed by atoms with Crippen LogP contribution in [-0.2, 0) is 9.84 Å². The fourth-order valence-electron chi connectivity index (χ4n) is 2.82. The lowest BCUT2D eigenvalue weighted by Crippen LogP contribution is -2.42. The van der Waals surface area contributed by atoms with Crippen molar-refractivity contribution >= 4 is 33.4 Å². The zero-order valence-corrected chi connectivity index (χ0v) is 13.4. The van der Waals surface area contributed by atoms with Crippen LogP contribution in [0.15, 0.2) is 6.07 Å². The van der Waals surface area contributed by atoms with Crippen molar-refractivity contribution in [3.8, 4) is 0 Å². The fourth-order valence-corrected chi connectivity index (χ4v) is 5.47. The van der Waals surface area contributed by atoms with Gasteiger partial charge in [0.05, 0.1) is 21.3 Å². The third kappa shape index (κ3) is 2.89. The van der Waals surface area contributed by atoms with Gasteiger partial charge in [-0.15, -0.1) is 11.3 Å². The second kappa shape index (κ2) is 5.21. The molecular formula is C14H17NO4S2. The van der Waals surface area contributed by atoms with Crippen LogP contribution in [-0.4, -0.2) is 49.1 Å². The summed E-state index contributed by atoms with van der Waals surface area (Å²) < 4.78 is 23.3. The molecule has 1 saturated heterocycles. The molecule has 2 fully saturated rings. The molecule has 2 aliphatic rings. The number of carbonyl (C=O) groups excluding carboxylic acids is 2. The molecule has 1 atom stereocenters. The van der Waals surface area contributed by atoms with Gasteiger partial charge in [0, 0.05) is 12.1 Å². The Morgan fingerprint density at radius 2 is 2.05 bits per heavy atom. The van der Waals surface area contributed by atoms with Crippen molar-refractivity contribution in [2.24, 2.45) is 0 Å². The first-order valence-corrected chi connectivity index (χ1v) is 9.64. The van der Waals surface area contributed by atoms with Crippen molar-refractivity contribution in [1.29, 1.82) is 0 Å². The van der Waals surface area contributed by atoms with Gasteiger partial charge in [-0.2, -0.15) is 0 Å². The second-order valence-corrected chi connectivity index (χ2v) is 9.09. The highest BCUT2D eigenvalue weighted by Crippen LogP contribution is 2.35. The Bertz CT molecular complexity index is 688. The highest BCUT2D eigenvalue weighted by Gasteiger charge is 2.42. The summed E-state index contributed by atoms with van der Waals surface area (Å²) in [5.41, 5.74) is 0.799. The molecule has 0 radical (unpaired) electrons. The predicted octanol–water partition coefficient (Wildman–Crippen LogP) is 1.66. The van der Waals surface area contributed by atoms with E-state index in [0.29, 0.717) is 16.2 Å². The minimum absolute atomic E-state index is 0.0696. The number of hydrogen-bond donors (Lipinski definition) is 0. The SMILES string of the molecule is Cc1cc(C(=O)N(C2CC2)[C@H]2CCS(=O)(=O)C2)sc1C=O. The van der Waals surface area contributed by atoms with E-state index in [2.05, 4.69) is 0 Å². The van der Waals surface area contributed by atoms with Crippen LogP contribution >= 0.6 is 11.3 Å². The second-order valence-electron chi connectivity index (χ2n) is 5.78. The van der Waals surface area contributed by atoms with Gasteiger partial charge in [-0.05, 0) is 37.8 Å². The lowest BCUT2D eigenvalue weighted by atomic mass is 10.2. The first-order valence-electron chi connectivity index (χ1n) is 7.00. The molecule has 7 heteroatoms. The summed E-state index contributed by atoms with van der Waals surface area (Å²) in [4.78, 5) is 26.5. The van der Waals surface area contributed by atoms with Crippen molar-refractivity contribution in [3.05, 3.63) is 21.4 Å². The Kier molecular flexibility index (Phi) is 3.65. The van der Waals surface area contributed by atoms with E-state index in [-0.39, 0.29) is 29.5 Å². The van der Waals surface area contributed by atoms with E-state index in [1.54, 1.807) is 17.9 Å². The van der Waals surface area contributed by atoms with Crippen LogP contribution in [0.4, 0.5) is 0 Å². The molecule has 1 aliphatic heterocycles. The largest absolute Gasteiger partial charge is 0.331 e. The molecule has 3 rings (SSSR count). The molecule has 0 spiro atoms. The molecule has 5 nitrogen and oxygen atoms in total. The topological polar surface area (TPSA) is 71.5 Å². The summed E-state index contributed by atoms with van der Waals surface area (Å²) in [6, 6.07) is 1.69. The Labute approximate surface area is 127 Å². The zero-order chi connectivity index (χ0) is 15.2. The van der Waals surface area contributed by atoms with Gasteiger partial charge in [0.1, 0.15) is 0 Å². The van der Waals surface area contributed by atoms with Crippen molar-refractivity contribution in [3.63, 3.8) is 0 Å². The van der Waals surface area contributed by atoms with Crippen LogP contribution in [0.1, 0.15) is 44.2 Å². The van der Waals surface area contributed by atoms with Crippen LogP contribution in [0.3, 0.4) is 0 Å². The molecule has 21 heavy (non-hydrogen) atoms. The summed E-state index contributed by atoms with van der Waals surface area (Å²) in [5.74, 6) is 0.109. The molecule has 0 unspecified atom stereocenters. The highest BCUT2D eigenvalue weighted by molar-refractivity contribution is 7.91. The van der Waals surface area contributed by atoms with Crippen molar-refractivity contribution in [2.75, 3.05) is 11.5 Å². The number of thiophene rings is 1. The standard InChI is InChI=1S/C14H17NO4S2/c1-9-6-12(20-13(9)7-16)14(17)15(10-2-3-10)11-4-5-21(18,19)8-11/h6-7,10-11H,2-5,8H2,1H3/t11-/m0/s1. The van der Waals surface area contributed by atoms with Crippen LogP contribution in [0.2, 0.25) is 0 Å². The van der Waals surface area contributed by atoms with E-state index < -0.39 is 9.84 Å². The lowest BCUT2D eigenvalue weighted by Gasteiger charge is -2.27. The molecule has 2 heterocycles. The van der Waals surface area contributed by atoms with Crippen LogP contribution < -0.4 is 0 Å². The Morgan fingerprint density at radius 1 is 1.33 bits per heavy atom. The smallest absolute Gasteiger partial charge is 0.264 e. The van der Waals surface area contributed by atoms with Gasteiger partial charge in [-0.25, -0.2) is 8.42 Å². The number of rotatable bonds is 4. The van der Waals surface area contributed by atoms with Crippen molar-refractivity contribution < 1.29 is 18.0 Å². The van der Waals surface area contributed by atoms with Crippen LogP contribution in [0.25, 0.3) is 0 Å². The number of sulfone groups is 1. The van der Waals surface area contributed by atoms with Crippen LogP contribution in [0, 0.1) is 6.92 Å². The maximum atomic E-state index is 12.7. The Balaban J connectivity index is 1.87. The van der Waals surface area contributed by atoms with Gasteiger partial charge in [0.2, 0.25) is 0 Å². The molecule has 0 bridgehead atoms. The average molecular weight is 327 g/mol. The number of aryl methyl sites for hydroxylation is 1. The zero-order valence-electron chi connectivity index (χ0n) is 11.7. The number of hydrogen-bond acceptors (Lipinski definition) is 5. The molecule has 1 aromatic heterocycles. The molecule has 1 amide bonds. The molecule has 1 aromatic rings. The maximum absolute atomic E-state index is 12.7. The van der Waals surface area contributed by atoms with Crippen molar-refractivity contribution in [2.45, 2.75) is 38.3 Å². The third-order valence-corrected chi connectivity index (χ3v) is 6.95. The summed E-state index contributed by atoms with van der Waals surface area (Å²) in [7, 11) is -3.02. The van der Waals surface area contributed by atoms with Gasteiger partial charge in [-0.1, -0.05) is 0 Å². The summed E-state index contributed by atoms with van der Waals surface area (Å²) in [6.45, 7) is 1.80. The van der Waals surface area contributed by atoms with Gasteiger partial charge in [-0.3, -0.25) is 9.59 Å². The van der Waals surface area contributed by atoms with Gasteiger partial charge in [0.25, 0.3) is 5.91 Å². The van der Waals surface area contributed by atoms with Gasteiger partial charge >= 0.3 is 0 Å². The average Bonchev–Trinajstić information content (AvgIpc) is 3.08. The number of nitrogens with zero attached hydrogens (tertiary/aromatic N) is 1. The minimum Gasteiger partial charge on any atom is -0.331 e. The van der Waals surface area contributed by atoms with E-state index >= 15 is 0 Å². The van der Waals surface area contributed by atoms with Gasteiger partial charge in [0.15, 0.2) is 16.1 Å². The molecule has 1 saturated carbocycles. The Morgan fingerprint density at radius 3 is 2.52 bits per heavy atom. The van der Waals surface area contributed by atoms with E-state index in [1.807, 2.05) is 0 Å². The van der Waals surface area contributed by atoms with Gasteiger partial charge < -0.3 is 4.90 Å².